The van der Waals surface area contributed by atoms with Crippen LogP contribution in [0.4, 0.5) is 5.69 Å². The molecule has 0 saturated heterocycles. The van der Waals surface area contributed by atoms with Gasteiger partial charge in [0.25, 0.3) is 5.91 Å². The highest BCUT2D eigenvalue weighted by molar-refractivity contribution is 5.83. The minimum absolute atomic E-state index is 0.0194. The third kappa shape index (κ3) is 5.70. The van der Waals surface area contributed by atoms with Gasteiger partial charge in [-0.05, 0) is 49.2 Å². The number of amides is 1. The fourth-order valence-electron chi connectivity index (χ4n) is 2.29. The monoisotopic (exact) mass is 387 g/mol. The van der Waals surface area contributed by atoms with E-state index in [9.17, 15) is 14.9 Å². The first-order chi connectivity index (χ1) is 13.4. The lowest BCUT2D eigenvalue weighted by atomic mass is 10.2. The SMILES string of the molecule is CCOc1ccc(/C=N\NC(=O)COc2ccc(C)cc2[N+](=O)[O-])cc1OC. The van der Waals surface area contributed by atoms with Gasteiger partial charge in [-0.25, -0.2) is 5.43 Å². The Labute approximate surface area is 162 Å². The summed E-state index contributed by atoms with van der Waals surface area (Å²) >= 11 is 0. The maximum Gasteiger partial charge on any atom is 0.311 e. The highest BCUT2D eigenvalue weighted by Crippen LogP contribution is 2.28. The van der Waals surface area contributed by atoms with Crippen molar-refractivity contribution in [3.8, 4) is 17.2 Å². The fraction of sp³-hybridized carbons (Fsp3) is 0.263. The van der Waals surface area contributed by atoms with Crippen LogP contribution in [0.5, 0.6) is 17.2 Å². The highest BCUT2D eigenvalue weighted by Gasteiger charge is 2.16. The van der Waals surface area contributed by atoms with Crippen molar-refractivity contribution in [3.63, 3.8) is 0 Å². The van der Waals surface area contributed by atoms with Crippen molar-refractivity contribution in [3.05, 3.63) is 57.6 Å². The summed E-state index contributed by atoms with van der Waals surface area (Å²) in [7, 11) is 1.53. The van der Waals surface area contributed by atoms with Crippen molar-refractivity contribution in [2.75, 3.05) is 20.3 Å². The molecule has 0 spiro atoms. The molecule has 2 rings (SSSR count). The first-order valence-corrected chi connectivity index (χ1v) is 8.45. The molecule has 0 unspecified atom stereocenters. The standard InChI is InChI=1S/C19H21N3O6/c1-4-27-17-8-6-14(10-18(17)26-3)11-20-21-19(23)12-28-16-7-5-13(2)9-15(16)22(24)25/h5-11H,4,12H2,1-3H3,(H,21,23)/b20-11-. The van der Waals surface area contributed by atoms with E-state index in [2.05, 4.69) is 10.5 Å². The molecule has 1 amide bonds. The number of aryl methyl sites for hydroxylation is 1. The zero-order valence-corrected chi connectivity index (χ0v) is 15.8. The number of nitro benzene ring substituents is 1. The molecule has 9 heteroatoms. The van der Waals surface area contributed by atoms with Gasteiger partial charge in [-0.1, -0.05) is 6.07 Å². The first kappa shape index (κ1) is 20.7. The predicted molar refractivity (Wildman–Crippen MR) is 103 cm³/mol. The van der Waals surface area contributed by atoms with Crippen LogP contribution >= 0.6 is 0 Å². The second kappa shape index (κ2) is 9.91. The Hall–Kier alpha value is -3.62. The molecule has 0 aliphatic heterocycles. The molecule has 9 nitrogen and oxygen atoms in total. The Balaban J connectivity index is 1.93. The van der Waals surface area contributed by atoms with Crippen LogP contribution in [0.15, 0.2) is 41.5 Å². The quantitative estimate of drug-likeness (QED) is 0.402. The molecule has 0 fully saturated rings. The van der Waals surface area contributed by atoms with Crippen LogP contribution in [0.25, 0.3) is 0 Å². The topological polar surface area (TPSA) is 112 Å². The molecule has 28 heavy (non-hydrogen) atoms. The number of hydrazone groups is 1. The smallest absolute Gasteiger partial charge is 0.311 e. The van der Waals surface area contributed by atoms with E-state index in [1.54, 1.807) is 31.2 Å². The van der Waals surface area contributed by atoms with Crippen LogP contribution in [-0.2, 0) is 4.79 Å². The number of carbonyl (C=O) groups excluding carboxylic acids is 1. The van der Waals surface area contributed by atoms with Gasteiger partial charge in [-0.3, -0.25) is 14.9 Å². The van der Waals surface area contributed by atoms with Crippen LogP contribution < -0.4 is 19.6 Å². The number of rotatable bonds is 9. The molecular formula is C19H21N3O6. The molecular weight excluding hydrogens is 366 g/mol. The largest absolute Gasteiger partial charge is 0.493 e. The van der Waals surface area contributed by atoms with Gasteiger partial charge < -0.3 is 14.2 Å². The lowest BCUT2D eigenvalue weighted by molar-refractivity contribution is -0.385. The Morgan fingerprint density at radius 2 is 1.93 bits per heavy atom. The molecule has 0 saturated carbocycles. The maximum atomic E-state index is 11.9. The van der Waals surface area contributed by atoms with E-state index < -0.39 is 17.4 Å². The number of hydrogen-bond acceptors (Lipinski definition) is 7. The van der Waals surface area contributed by atoms with E-state index in [-0.39, 0.29) is 11.4 Å². The van der Waals surface area contributed by atoms with Gasteiger partial charge in [-0.2, -0.15) is 5.10 Å². The molecule has 2 aromatic rings. The van der Waals surface area contributed by atoms with Crippen molar-refractivity contribution in [2.45, 2.75) is 13.8 Å². The summed E-state index contributed by atoms with van der Waals surface area (Å²) in [6.07, 6.45) is 1.43. The van der Waals surface area contributed by atoms with E-state index in [4.69, 9.17) is 14.2 Å². The zero-order chi connectivity index (χ0) is 20.5. The van der Waals surface area contributed by atoms with Gasteiger partial charge in [0.1, 0.15) is 0 Å². The summed E-state index contributed by atoms with van der Waals surface area (Å²) in [5.41, 5.74) is 3.52. The summed E-state index contributed by atoms with van der Waals surface area (Å²) in [5, 5.41) is 14.9. The van der Waals surface area contributed by atoms with Crippen molar-refractivity contribution in [2.24, 2.45) is 5.10 Å². The summed E-state index contributed by atoms with van der Waals surface area (Å²) in [5.74, 6) is 0.626. The van der Waals surface area contributed by atoms with Crippen LogP contribution in [0.2, 0.25) is 0 Å². The Bertz CT molecular complexity index is 882. The first-order valence-electron chi connectivity index (χ1n) is 8.45. The lowest BCUT2D eigenvalue weighted by Gasteiger charge is -2.09. The molecule has 0 aliphatic carbocycles. The van der Waals surface area contributed by atoms with Gasteiger partial charge in [0.2, 0.25) is 0 Å². The maximum absolute atomic E-state index is 11.9. The molecule has 0 radical (unpaired) electrons. The average Bonchev–Trinajstić information content (AvgIpc) is 2.68. The van der Waals surface area contributed by atoms with Gasteiger partial charge >= 0.3 is 5.69 Å². The number of ether oxygens (including phenoxy) is 3. The van der Waals surface area contributed by atoms with Crippen LogP contribution in [0.1, 0.15) is 18.1 Å². The second-order valence-corrected chi connectivity index (χ2v) is 5.65. The van der Waals surface area contributed by atoms with Crippen molar-refractivity contribution in [1.82, 2.24) is 5.43 Å². The Kier molecular flexibility index (Phi) is 7.32. The van der Waals surface area contributed by atoms with E-state index >= 15 is 0 Å². The summed E-state index contributed by atoms with van der Waals surface area (Å²) in [6, 6.07) is 9.71. The van der Waals surface area contributed by atoms with E-state index in [0.29, 0.717) is 23.7 Å². The van der Waals surface area contributed by atoms with Crippen LogP contribution in [-0.4, -0.2) is 37.4 Å². The number of nitrogens with one attached hydrogen (secondary N) is 1. The van der Waals surface area contributed by atoms with Crippen LogP contribution in [0, 0.1) is 17.0 Å². The lowest BCUT2D eigenvalue weighted by Crippen LogP contribution is -2.24. The third-order valence-corrected chi connectivity index (χ3v) is 3.56. The number of benzene rings is 2. The molecule has 0 aromatic heterocycles. The van der Waals surface area contributed by atoms with E-state index in [1.165, 1.54) is 25.5 Å². The van der Waals surface area contributed by atoms with Gasteiger partial charge in [0.05, 0.1) is 24.9 Å². The van der Waals surface area contributed by atoms with Crippen LogP contribution in [0.3, 0.4) is 0 Å². The Morgan fingerprint density at radius 1 is 1.18 bits per heavy atom. The molecule has 0 aliphatic rings. The molecule has 1 N–H and O–H groups in total. The van der Waals surface area contributed by atoms with Crippen molar-refractivity contribution >= 4 is 17.8 Å². The third-order valence-electron chi connectivity index (χ3n) is 3.56. The molecule has 0 bridgehead atoms. The second-order valence-electron chi connectivity index (χ2n) is 5.65. The van der Waals surface area contributed by atoms with Crippen molar-refractivity contribution < 1.29 is 23.9 Å². The number of nitrogens with zero attached hydrogens (tertiary/aromatic N) is 2. The van der Waals surface area contributed by atoms with Gasteiger partial charge in [0.15, 0.2) is 23.9 Å². The zero-order valence-electron chi connectivity index (χ0n) is 15.8. The average molecular weight is 387 g/mol. The van der Waals surface area contributed by atoms with Gasteiger partial charge in [0, 0.05) is 6.07 Å². The minimum Gasteiger partial charge on any atom is -0.493 e. The van der Waals surface area contributed by atoms with Gasteiger partial charge in [-0.15, -0.1) is 0 Å². The predicted octanol–water partition coefficient (Wildman–Crippen LogP) is 2.84. The summed E-state index contributed by atoms with van der Waals surface area (Å²) in [6.45, 7) is 3.71. The Morgan fingerprint density at radius 3 is 2.61 bits per heavy atom. The number of carbonyl (C=O) groups is 1. The number of methoxy groups -OCH3 is 1. The normalized spacial score (nSPS) is 10.5. The summed E-state index contributed by atoms with van der Waals surface area (Å²) < 4.78 is 15.9. The number of hydrogen-bond donors (Lipinski definition) is 1. The molecule has 0 atom stereocenters. The summed E-state index contributed by atoms with van der Waals surface area (Å²) in [4.78, 5) is 22.3. The van der Waals surface area contributed by atoms with E-state index in [0.717, 1.165) is 5.56 Å². The number of nitro groups is 1. The highest BCUT2D eigenvalue weighted by atomic mass is 16.6. The minimum atomic E-state index is -0.558. The molecule has 2 aromatic carbocycles. The van der Waals surface area contributed by atoms with Crippen molar-refractivity contribution in [1.29, 1.82) is 0 Å². The van der Waals surface area contributed by atoms with E-state index in [1.807, 2.05) is 6.92 Å². The molecule has 148 valence electrons. The molecule has 0 heterocycles. The fourth-order valence-corrected chi connectivity index (χ4v) is 2.29.